The molecule has 2 saturated heterocycles. The Morgan fingerprint density at radius 3 is 2.24 bits per heavy atom. The highest BCUT2D eigenvalue weighted by Crippen LogP contribution is 2.23. The quantitative estimate of drug-likeness (QED) is 0.905. The van der Waals surface area contributed by atoms with E-state index >= 15 is 0 Å². The minimum absolute atomic E-state index is 0.0619. The van der Waals surface area contributed by atoms with E-state index in [2.05, 4.69) is 31.2 Å². The maximum Gasteiger partial charge on any atom is 0.217 e. The number of nitrogens with one attached hydrogen (secondary N) is 1. The Kier molecular flexibility index (Phi) is 4.22. The lowest BCUT2D eigenvalue weighted by atomic mass is 10.1. The van der Waals surface area contributed by atoms with Crippen LogP contribution in [0.1, 0.15) is 32.6 Å². The minimum atomic E-state index is 0.0619. The Morgan fingerprint density at radius 2 is 1.67 bits per heavy atom. The molecule has 2 aliphatic heterocycles. The second-order valence-electron chi connectivity index (χ2n) is 5.89. The van der Waals surface area contributed by atoms with Gasteiger partial charge >= 0.3 is 0 Å². The number of aromatic nitrogens is 2. The first-order valence-corrected chi connectivity index (χ1v) is 7.81. The lowest BCUT2D eigenvalue weighted by Crippen LogP contribution is -2.44. The number of carbonyl (C=O) groups excluding carboxylic acids is 1. The average Bonchev–Trinajstić information content (AvgIpc) is 3.02. The Labute approximate surface area is 125 Å². The molecule has 2 aliphatic rings. The summed E-state index contributed by atoms with van der Waals surface area (Å²) in [5, 5.41) is 3.00. The highest BCUT2D eigenvalue weighted by atomic mass is 16.1. The van der Waals surface area contributed by atoms with Gasteiger partial charge in [-0.1, -0.05) is 0 Å². The van der Waals surface area contributed by atoms with E-state index in [1.807, 2.05) is 0 Å². The van der Waals surface area contributed by atoms with Crippen LogP contribution in [0.2, 0.25) is 0 Å². The zero-order chi connectivity index (χ0) is 14.7. The van der Waals surface area contributed by atoms with Crippen molar-refractivity contribution in [2.75, 3.05) is 36.0 Å². The summed E-state index contributed by atoms with van der Waals surface area (Å²) < 4.78 is 0. The number of amides is 1. The predicted octanol–water partition coefficient (Wildman–Crippen LogP) is 1.18. The molecule has 0 bridgehead atoms. The van der Waals surface area contributed by atoms with Crippen LogP contribution < -0.4 is 15.1 Å². The molecule has 2 fully saturated rings. The number of carbonyl (C=O) groups is 1. The van der Waals surface area contributed by atoms with Crippen molar-refractivity contribution < 1.29 is 4.79 Å². The number of anilines is 2. The molecule has 6 heteroatoms. The molecule has 0 aliphatic carbocycles. The molecule has 1 aromatic heterocycles. The minimum Gasteiger partial charge on any atom is -0.356 e. The third kappa shape index (κ3) is 3.43. The van der Waals surface area contributed by atoms with E-state index in [0.29, 0.717) is 6.04 Å². The van der Waals surface area contributed by atoms with Crippen LogP contribution in [-0.2, 0) is 4.79 Å². The van der Waals surface area contributed by atoms with Crippen LogP contribution >= 0.6 is 0 Å². The van der Waals surface area contributed by atoms with E-state index in [0.717, 1.165) is 50.7 Å². The summed E-state index contributed by atoms with van der Waals surface area (Å²) in [7, 11) is 0. The first-order valence-electron chi connectivity index (χ1n) is 7.81. The van der Waals surface area contributed by atoms with Crippen molar-refractivity contribution in [1.82, 2.24) is 15.3 Å². The average molecular weight is 289 g/mol. The lowest BCUT2D eigenvalue weighted by Gasteiger charge is -2.33. The lowest BCUT2D eigenvalue weighted by molar-refractivity contribution is -0.119. The van der Waals surface area contributed by atoms with Gasteiger partial charge in [-0.3, -0.25) is 4.79 Å². The first-order chi connectivity index (χ1) is 10.2. The van der Waals surface area contributed by atoms with Crippen LogP contribution in [0.4, 0.5) is 11.6 Å². The summed E-state index contributed by atoms with van der Waals surface area (Å²) in [6, 6.07) is 2.41. The maximum atomic E-state index is 11.1. The van der Waals surface area contributed by atoms with Crippen LogP contribution in [0.15, 0.2) is 12.4 Å². The summed E-state index contributed by atoms with van der Waals surface area (Å²) in [5.41, 5.74) is 0. The summed E-state index contributed by atoms with van der Waals surface area (Å²) >= 11 is 0. The standard InChI is InChI=1S/C15H23N5O/c1-12(21)18-13-4-8-20(9-5-13)15-10-14(16-11-17-15)19-6-2-3-7-19/h10-11,13H,2-9H2,1H3,(H,18,21). The van der Waals surface area contributed by atoms with E-state index in [9.17, 15) is 4.79 Å². The molecule has 1 N–H and O–H groups in total. The summed E-state index contributed by atoms with van der Waals surface area (Å²) in [5.74, 6) is 2.11. The third-order valence-corrected chi connectivity index (χ3v) is 4.29. The van der Waals surface area contributed by atoms with Gasteiger partial charge in [-0.05, 0) is 25.7 Å². The van der Waals surface area contributed by atoms with Gasteiger partial charge in [-0.2, -0.15) is 0 Å². The fourth-order valence-electron chi connectivity index (χ4n) is 3.17. The molecule has 0 saturated carbocycles. The topological polar surface area (TPSA) is 61.4 Å². The normalized spacial score (nSPS) is 19.9. The molecule has 0 atom stereocenters. The summed E-state index contributed by atoms with van der Waals surface area (Å²) in [6.45, 7) is 5.64. The van der Waals surface area contributed by atoms with Gasteiger partial charge in [0.25, 0.3) is 0 Å². The van der Waals surface area contributed by atoms with E-state index in [4.69, 9.17) is 0 Å². The molecular formula is C15H23N5O. The number of nitrogens with zero attached hydrogens (tertiary/aromatic N) is 4. The van der Waals surface area contributed by atoms with Gasteiger partial charge < -0.3 is 15.1 Å². The van der Waals surface area contributed by atoms with E-state index in [1.54, 1.807) is 13.3 Å². The van der Waals surface area contributed by atoms with Crippen LogP contribution in [0, 0.1) is 0 Å². The van der Waals surface area contributed by atoms with E-state index in [-0.39, 0.29) is 5.91 Å². The number of hydrogen-bond acceptors (Lipinski definition) is 5. The Hall–Kier alpha value is -1.85. The van der Waals surface area contributed by atoms with Crippen molar-refractivity contribution in [2.45, 2.75) is 38.6 Å². The number of rotatable bonds is 3. The summed E-state index contributed by atoms with van der Waals surface area (Å²) in [4.78, 5) is 24.5. The highest BCUT2D eigenvalue weighted by molar-refractivity contribution is 5.73. The van der Waals surface area contributed by atoms with Crippen molar-refractivity contribution in [1.29, 1.82) is 0 Å². The molecular weight excluding hydrogens is 266 g/mol. The molecule has 114 valence electrons. The first kappa shape index (κ1) is 14.1. The monoisotopic (exact) mass is 289 g/mol. The van der Waals surface area contributed by atoms with Crippen molar-refractivity contribution in [3.05, 3.63) is 12.4 Å². The predicted molar refractivity (Wildman–Crippen MR) is 82.5 cm³/mol. The van der Waals surface area contributed by atoms with Crippen LogP contribution in [0.5, 0.6) is 0 Å². The molecule has 1 aromatic rings. The molecule has 3 heterocycles. The Balaban J connectivity index is 1.62. The second kappa shape index (κ2) is 6.28. The molecule has 0 unspecified atom stereocenters. The van der Waals surface area contributed by atoms with Crippen molar-refractivity contribution >= 4 is 17.5 Å². The van der Waals surface area contributed by atoms with E-state index in [1.165, 1.54) is 12.8 Å². The Bertz CT molecular complexity index is 493. The van der Waals surface area contributed by atoms with Gasteiger partial charge in [0, 0.05) is 45.2 Å². The van der Waals surface area contributed by atoms with E-state index < -0.39 is 0 Å². The molecule has 3 rings (SSSR count). The Morgan fingerprint density at radius 1 is 1.10 bits per heavy atom. The summed E-state index contributed by atoms with van der Waals surface area (Å²) in [6.07, 6.45) is 6.12. The molecule has 1 amide bonds. The zero-order valence-electron chi connectivity index (χ0n) is 12.6. The molecule has 0 aromatic carbocycles. The third-order valence-electron chi connectivity index (χ3n) is 4.29. The van der Waals surface area contributed by atoms with Crippen LogP contribution in [0.3, 0.4) is 0 Å². The van der Waals surface area contributed by atoms with Crippen molar-refractivity contribution in [2.24, 2.45) is 0 Å². The fourth-order valence-corrected chi connectivity index (χ4v) is 3.17. The van der Waals surface area contributed by atoms with Gasteiger partial charge in [-0.15, -0.1) is 0 Å². The fraction of sp³-hybridized carbons (Fsp3) is 0.667. The second-order valence-corrected chi connectivity index (χ2v) is 5.89. The van der Waals surface area contributed by atoms with Crippen LogP contribution in [-0.4, -0.2) is 48.1 Å². The van der Waals surface area contributed by atoms with Crippen molar-refractivity contribution in [3.8, 4) is 0 Å². The van der Waals surface area contributed by atoms with Gasteiger partial charge in [0.1, 0.15) is 18.0 Å². The van der Waals surface area contributed by atoms with Crippen LogP contribution in [0.25, 0.3) is 0 Å². The smallest absolute Gasteiger partial charge is 0.217 e. The highest BCUT2D eigenvalue weighted by Gasteiger charge is 2.22. The number of piperidine rings is 1. The zero-order valence-corrected chi connectivity index (χ0v) is 12.6. The SMILES string of the molecule is CC(=O)NC1CCN(c2cc(N3CCCC3)ncn2)CC1. The molecule has 21 heavy (non-hydrogen) atoms. The van der Waals surface area contributed by atoms with Gasteiger partial charge in [-0.25, -0.2) is 9.97 Å². The molecule has 0 radical (unpaired) electrons. The molecule has 6 nitrogen and oxygen atoms in total. The van der Waals surface area contributed by atoms with Gasteiger partial charge in [0.2, 0.25) is 5.91 Å². The molecule has 0 spiro atoms. The maximum absolute atomic E-state index is 11.1. The van der Waals surface area contributed by atoms with Gasteiger partial charge in [0.15, 0.2) is 0 Å². The van der Waals surface area contributed by atoms with Crippen molar-refractivity contribution in [3.63, 3.8) is 0 Å². The number of hydrogen-bond donors (Lipinski definition) is 1. The largest absolute Gasteiger partial charge is 0.356 e. The van der Waals surface area contributed by atoms with Gasteiger partial charge in [0.05, 0.1) is 0 Å².